The zero-order valence-corrected chi connectivity index (χ0v) is 10.3. The van der Waals surface area contributed by atoms with E-state index in [2.05, 4.69) is 26.1 Å². The van der Waals surface area contributed by atoms with E-state index in [4.69, 9.17) is 15.2 Å². The smallest absolute Gasteiger partial charge is 0.0701 e. The molecule has 0 fully saturated rings. The first-order valence-corrected chi connectivity index (χ1v) is 5.62. The molecule has 15 heavy (non-hydrogen) atoms. The van der Waals surface area contributed by atoms with Crippen molar-refractivity contribution in [1.29, 1.82) is 0 Å². The maximum atomic E-state index is 5.37. The van der Waals surface area contributed by atoms with Gasteiger partial charge in [0.15, 0.2) is 0 Å². The Bertz CT molecular complexity index is 135. The second-order valence-corrected chi connectivity index (χ2v) is 4.75. The normalized spacial score (nSPS) is 12.0. The molecule has 4 nitrogen and oxygen atoms in total. The Hall–Kier alpha value is -0.160. The van der Waals surface area contributed by atoms with Crippen molar-refractivity contribution in [3.63, 3.8) is 0 Å². The summed E-state index contributed by atoms with van der Waals surface area (Å²) in [6.45, 7) is 11.8. The molecule has 0 aliphatic heterocycles. The first-order valence-electron chi connectivity index (χ1n) is 5.62. The Balaban J connectivity index is 2.99. The van der Waals surface area contributed by atoms with Crippen molar-refractivity contribution in [2.75, 3.05) is 46.1 Å². The lowest BCUT2D eigenvalue weighted by Crippen LogP contribution is -2.29. The van der Waals surface area contributed by atoms with Gasteiger partial charge >= 0.3 is 0 Å². The molecule has 0 heterocycles. The minimum Gasteiger partial charge on any atom is -0.378 e. The predicted octanol–water partition coefficient (Wildman–Crippen LogP) is 0.614. The van der Waals surface area contributed by atoms with Crippen LogP contribution in [0.3, 0.4) is 0 Å². The van der Waals surface area contributed by atoms with Crippen LogP contribution in [0.4, 0.5) is 0 Å². The Morgan fingerprint density at radius 1 is 1.00 bits per heavy atom. The Morgan fingerprint density at radius 3 is 2.13 bits per heavy atom. The quantitative estimate of drug-likeness (QED) is 0.557. The molecule has 0 atom stereocenters. The SMILES string of the molecule is CC(C)(C)CNCCOCCOCCN. The highest BCUT2D eigenvalue weighted by atomic mass is 16.5. The van der Waals surface area contributed by atoms with E-state index in [-0.39, 0.29) is 0 Å². The van der Waals surface area contributed by atoms with Gasteiger partial charge in [-0.15, -0.1) is 0 Å². The molecule has 0 saturated heterocycles. The summed E-state index contributed by atoms with van der Waals surface area (Å²) in [5, 5.41) is 3.34. The lowest BCUT2D eigenvalue weighted by Gasteiger charge is -2.18. The molecule has 0 amide bonds. The third kappa shape index (κ3) is 13.8. The lowest BCUT2D eigenvalue weighted by atomic mass is 9.97. The molecule has 0 saturated carbocycles. The molecule has 0 aromatic heterocycles. The summed E-state index contributed by atoms with van der Waals surface area (Å²) in [5.41, 5.74) is 5.61. The van der Waals surface area contributed by atoms with Crippen LogP contribution in [-0.4, -0.2) is 46.1 Å². The van der Waals surface area contributed by atoms with E-state index < -0.39 is 0 Å². The first kappa shape index (κ1) is 14.8. The molecule has 0 radical (unpaired) electrons. The van der Waals surface area contributed by atoms with Gasteiger partial charge in [0.1, 0.15) is 0 Å². The minimum absolute atomic E-state index is 0.338. The van der Waals surface area contributed by atoms with E-state index in [0.717, 1.165) is 19.7 Å². The van der Waals surface area contributed by atoms with Crippen molar-refractivity contribution in [3.8, 4) is 0 Å². The highest BCUT2D eigenvalue weighted by Crippen LogP contribution is 2.09. The number of ether oxygens (including phenoxy) is 2. The van der Waals surface area contributed by atoms with Gasteiger partial charge < -0.3 is 20.5 Å². The maximum absolute atomic E-state index is 5.37. The fourth-order valence-corrected chi connectivity index (χ4v) is 1.01. The maximum Gasteiger partial charge on any atom is 0.0701 e. The number of rotatable bonds is 9. The van der Waals surface area contributed by atoms with Crippen LogP contribution < -0.4 is 11.1 Å². The van der Waals surface area contributed by atoms with Crippen molar-refractivity contribution in [2.24, 2.45) is 11.1 Å². The van der Waals surface area contributed by atoms with Crippen LogP contribution in [0, 0.1) is 5.41 Å². The molecule has 3 N–H and O–H groups in total. The Morgan fingerprint density at radius 2 is 1.60 bits per heavy atom. The van der Waals surface area contributed by atoms with Gasteiger partial charge in [-0.25, -0.2) is 0 Å². The van der Waals surface area contributed by atoms with Crippen LogP contribution in [0.2, 0.25) is 0 Å². The van der Waals surface area contributed by atoms with Gasteiger partial charge in [0.05, 0.1) is 26.4 Å². The third-order valence-corrected chi connectivity index (χ3v) is 1.71. The van der Waals surface area contributed by atoms with Gasteiger partial charge in [0.25, 0.3) is 0 Å². The molecule has 92 valence electrons. The summed E-state index contributed by atoms with van der Waals surface area (Å²) >= 11 is 0. The van der Waals surface area contributed by atoms with Crippen molar-refractivity contribution in [3.05, 3.63) is 0 Å². The zero-order chi connectivity index (χ0) is 11.6. The molecule has 4 heteroatoms. The van der Waals surface area contributed by atoms with Gasteiger partial charge in [-0.3, -0.25) is 0 Å². The van der Waals surface area contributed by atoms with Crippen LogP contribution in [0.5, 0.6) is 0 Å². The van der Waals surface area contributed by atoms with E-state index in [9.17, 15) is 0 Å². The summed E-state index contributed by atoms with van der Waals surface area (Å²) in [7, 11) is 0. The molecule has 0 spiro atoms. The van der Waals surface area contributed by atoms with E-state index in [1.807, 2.05) is 0 Å². The van der Waals surface area contributed by atoms with Crippen LogP contribution in [0.15, 0.2) is 0 Å². The zero-order valence-electron chi connectivity index (χ0n) is 10.3. The summed E-state index contributed by atoms with van der Waals surface area (Å²) in [6.07, 6.45) is 0. The van der Waals surface area contributed by atoms with E-state index >= 15 is 0 Å². The average molecular weight is 218 g/mol. The van der Waals surface area contributed by atoms with Gasteiger partial charge in [0.2, 0.25) is 0 Å². The van der Waals surface area contributed by atoms with Gasteiger partial charge in [-0.1, -0.05) is 20.8 Å². The molecular formula is C11H26N2O2. The van der Waals surface area contributed by atoms with Crippen molar-refractivity contribution in [2.45, 2.75) is 20.8 Å². The van der Waals surface area contributed by atoms with Crippen LogP contribution in [-0.2, 0) is 9.47 Å². The number of hydrogen-bond donors (Lipinski definition) is 2. The van der Waals surface area contributed by atoms with Crippen LogP contribution in [0.25, 0.3) is 0 Å². The summed E-state index contributed by atoms with van der Waals surface area (Å²) in [6, 6.07) is 0. The highest BCUT2D eigenvalue weighted by molar-refractivity contribution is 4.64. The topological polar surface area (TPSA) is 56.5 Å². The van der Waals surface area contributed by atoms with Gasteiger partial charge in [-0.05, 0) is 5.41 Å². The molecule has 0 aromatic carbocycles. The monoisotopic (exact) mass is 218 g/mol. The molecule has 0 unspecified atom stereocenters. The van der Waals surface area contributed by atoms with Crippen molar-refractivity contribution >= 4 is 0 Å². The molecule has 0 aliphatic carbocycles. The number of hydrogen-bond acceptors (Lipinski definition) is 4. The second-order valence-electron chi connectivity index (χ2n) is 4.75. The number of nitrogens with two attached hydrogens (primary N) is 1. The fraction of sp³-hybridized carbons (Fsp3) is 1.00. The highest BCUT2D eigenvalue weighted by Gasteiger charge is 2.07. The van der Waals surface area contributed by atoms with Gasteiger partial charge in [-0.2, -0.15) is 0 Å². The Kier molecular flexibility index (Phi) is 9.00. The third-order valence-electron chi connectivity index (χ3n) is 1.71. The summed E-state index contributed by atoms with van der Waals surface area (Å²) in [5.74, 6) is 0. The number of nitrogens with one attached hydrogen (secondary N) is 1. The fourth-order valence-electron chi connectivity index (χ4n) is 1.01. The van der Waals surface area contributed by atoms with Crippen molar-refractivity contribution in [1.82, 2.24) is 5.32 Å². The minimum atomic E-state index is 0.338. The van der Waals surface area contributed by atoms with Crippen molar-refractivity contribution < 1.29 is 9.47 Å². The molecule has 0 aromatic rings. The molecule has 0 bridgehead atoms. The average Bonchev–Trinajstić information content (AvgIpc) is 2.14. The first-order chi connectivity index (χ1) is 7.06. The Labute approximate surface area is 93.5 Å². The summed E-state index contributed by atoms with van der Waals surface area (Å²) < 4.78 is 10.5. The molecule has 0 rings (SSSR count). The van der Waals surface area contributed by atoms with E-state index in [1.165, 1.54) is 0 Å². The van der Waals surface area contributed by atoms with Crippen LogP contribution >= 0.6 is 0 Å². The van der Waals surface area contributed by atoms with E-state index in [1.54, 1.807) is 0 Å². The van der Waals surface area contributed by atoms with E-state index in [0.29, 0.717) is 31.8 Å². The largest absolute Gasteiger partial charge is 0.378 e. The molecule has 0 aliphatic rings. The van der Waals surface area contributed by atoms with Crippen LogP contribution in [0.1, 0.15) is 20.8 Å². The summed E-state index contributed by atoms with van der Waals surface area (Å²) in [4.78, 5) is 0. The predicted molar refractivity (Wildman–Crippen MR) is 63.0 cm³/mol. The van der Waals surface area contributed by atoms with Gasteiger partial charge in [0, 0.05) is 19.6 Å². The molecular weight excluding hydrogens is 192 g/mol. The lowest BCUT2D eigenvalue weighted by molar-refractivity contribution is 0.0514. The second kappa shape index (κ2) is 9.09. The standard InChI is InChI=1S/C11H26N2O2/c1-11(2,3)10-13-5-7-15-9-8-14-6-4-12/h13H,4-10,12H2,1-3H3.